The van der Waals surface area contributed by atoms with Gasteiger partial charge in [-0.3, -0.25) is 9.59 Å². The molecule has 3 N–H and O–H groups in total. The van der Waals surface area contributed by atoms with Crippen LogP contribution in [0.4, 0.5) is 4.39 Å². The van der Waals surface area contributed by atoms with Crippen molar-refractivity contribution in [3.05, 3.63) is 35.6 Å². The fourth-order valence-electron chi connectivity index (χ4n) is 2.05. The average molecular weight is 312 g/mol. The Kier molecular flexibility index (Phi) is 5.58. The van der Waals surface area contributed by atoms with Crippen LogP contribution in [0.15, 0.2) is 24.3 Å². The standard InChI is InChI=1S/C14H17FN2O3S/c15-10-4-2-1-3-9(10)7-12-14(20)17-11(8-21-12)13(19)16-5-6-18/h1-4,11-12,18H,5-8H2,(H,16,19)(H,17,20). The molecule has 1 fully saturated rings. The zero-order valence-electron chi connectivity index (χ0n) is 11.3. The summed E-state index contributed by atoms with van der Waals surface area (Å²) in [6.07, 6.45) is 0.300. The number of halogens is 1. The first-order valence-corrected chi connectivity index (χ1v) is 7.70. The third kappa shape index (κ3) is 4.18. The van der Waals surface area contributed by atoms with Crippen molar-refractivity contribution in [2.24, 2.45) is 0 Å². The Morgan fingerprint density at radius 1 is 1.48 bits per heavy atom. The number of aliphatic hydroxyl groups is 1. The largest absolute Gasteiger partial charge is 0.395 e. The number of aliphatic hydroxyl groups excluding tert-OH is 1. The summed E-state index contributed by atoms with van der Waals surface area (Å²) in [6, 6.07) is 5.75. The van der Waals surface area contributed by atoms with Crippen LogP contribution in [0.1, 0.15) is 5.56 Å². The van der Waals surface area contributed by atoms with Crippen molar-refractivity contribution in [3.8, 4) is 0 Å². The Balaban J connectivity index is 1.91. The van der Waals surface area contributed by atoms with Crippen LogP contribution in [0, 0.1) is 5.82 Å². The van der Waals surface area contributed by atoms with E-state index < -0.39 is 11.3 Å². The first-order valence-electron chi connectivity index (χ1n) is 6.65. The third-order valence-electron chi connectivity index (χ3n) is 3.16. The van der Waals surface area contributed by atoms with E-state index in [-0.39, 0.29) is 30.8 Å². The highest BCUT2D eigenvalue weighted by molar-refractivity contribution is 8.00. The van der Waals surface area contributed by atoms with Gasteiger partial charge in [-0.15, -0.1) is 11.8 Å². The number of carbonyl (C=O) groups excluding carboxylic acids is 2. The Morgan fingerprint density at radius 2 is 2.24 bits per heavy atom. The molecule has 2 unspecified atom stereocenters. The summed E-state index contributed by atoms with van der Waals surface area (Å²) in [4.78, 5) is 23.7. The lowest BCUT2D eigenvalue weighted by atomic mass is 10.1. The summed E-state index contributed by atoms with van der Waals surface area (Å²) >= 11 is 1.34. The normalized spacial score (nSPS) is 21.7. The van der Waals surface area contributed by atoms with Crippen LogP contribution in [0.3, 0.4) is 0 Å². The molecule has 0 spiro atoms. The molecule has 0 saturated carbocycles. The van der Waals surface area contributed by atoms with Gasteiger partial charge in [-0.2, -0.15) is 0 Å². The maximum absolute atomic E-state index is 13.6. The van der Waals surface area contributed by atoms with Crippen molar-refractivity contribution in [2.45, 2.75) is 17.7 Å². The molecule has 1 aliphatic rings. The zero-order valence-corrected chi connectivity index (χ0v) is 12.2. The van der Waals surface area contributed by atoms with Crippen molar-refractivity contribution in [1.29, 1.82) is 0 Å². The van der Waals surface area contributed by atoms with Crippen LogP contribution in [0.5, 0.6) is 0 Å². The minimum Gasteiger partial charge on any atom is -0.395 e. The average Bonchev–Trinajstić information content (AvgIpc) is 2.49. The summed E-state index contributed by atoms with van der Waals surface area (Å²) in [6.45, 7) is 0.0178. The molecule has 0 aliphatic carbocycles. The molecule has 1 aromatic carbocycles. The van der Waals surface area contributed by atoms with Gasteiger partial charge in [-0.25, -0.2) is 4.39 Å². The number of thioether (sulfide) groups is 1. The fraction of sp³-hybridized carbons (Fsp3) is 0.429. The lowest BCUT2D eigenvalue weighted by Gasteiger charge is -2.28. The molecule has 21 heavy (non-hydrogen) atoms. The number of hydrogen-bond donors (Lipinski definition) is 3. The molecule has 0 radical (unpaired) electrons. The molecular formula is C14H17FN2O3S. The van der Waals surface area contributed by atoms with E-state index in [1.807, 2.05) is 0 Å². The molecule has 7 heteroatoms. The summed E-state index contributed by atoms with van der Waals surface area (Å²) in [5, 5.41) is 13.4. The van der Waals surface area contributed by atoms with E-state index in [0.29, 0.717) is 17.7 Å². The van der Waals surface area contributed by atoms with Gasteiger partial charge in [0.25, 0.3) is 0 Å². The predicted molar refractivity (Wildman–Crippen MR) is 78.4 cm³/mol. The number of hydrogen-bond acceptors (Lipinski definition) is 4. The molecule has 1 aromatic rings. The Morgan fingerprint density at radius 3 is 2.90 bits per heavy atom. The topological polar surface area (TPSA) is 78.4 Å². The zero-order chi connectivity index (χ0) is 15.2. The van der Waals surface area contributed by atoms with Crippen molar-refractivity contribution < 1.29 is 19.1 Å². The van der Waals surface area contributed by atoms with E-state index in [1.54, 1.807) is 18.2 Å². The van der Waals surface area contributed by atoms with Gasteiger partial charge in [0.2, 0.25) is 11.8 Å². The first kappa shape index (κ1) is 15.8. The molecule has 1 saturated heterocycles. The van der Waals surface area contributed by atoms with Gasteiger partial charge in [0.1, 0.15) is 11.9 Å². The molecule has 2 amide bonds. The van der Waals surface area contributed by atoms with Crippen molar-refractivity contribution in [3.63, 3.8) is 0 Å². The lowest BCUT2D eigenvalue weighted by Crippen LogP contribution is -2.54. The third-order valence-corrected chi connectivity index (χ3v) is 4.47. The highest BCUT2D eigenvalue weighted by Gasteiger charge is 2.32. The second-order valence-electron chi connectivity index (χ2n) is 4.69. The van der Waals surface area contributed by atoms with Crippen LogP contribution in [0.2, 0.25) is 0 Å². The number of benzene rings is 1. The maximum Gasteiger partial charge on any atom is 0.243 e. The Hall–Kier alpha value is -1.60. The maximum atomic E-state index is 13.6. The van der Waals surface area contributed by atoms with Crippen molar-refractivity contribution >= 4 is 23.6 Å². The highest BCUT2D eigenvalue weighted by atomic mass is 32.2. The lowest BCUT2D eigenvalue weighted by molar-refractivity contribution is -0.128. The molecule has 0 aromatic heterocycles. The van der Waals surface area contributed by atoms with E-state index in [9.17, 15) is 14.0 Å². The second kappa shape index (κ2) is 7.42. The van der Waals surface area contributed by atoms with Gasteiger partial charge in [0, 0.05) is 12.3 Å². The van der Waals surface area contributed by atoms with Gasteiger partial charge in [-0.05, 0) is 18.1 Å². The molecule has 0 bridgehead atoms. The molecule has 2 atom stereocenters. The van der Waals surface area contributed by atoms with Crippen LogP contribution in [0.25, 0.3) is 0 Å². The van der Waals surface area contributed by atoms with Crippen molar-refractivity contribution in [1.82, 2.24) is 10.6 Å². The first-order chi connectivity index (χ1) is 10.1. The quantitative estimate of drug-likeness (QED) is 0.719. The monoisotopic (exact) mass is 312 g/mol. The van der Waals surface area contributed by atoms with Crippen LogP contribution >= 0.6 is 11.8 Å². The van der Waals surface area contributed by atoms with Crippen molar-refractivity contribution in [2.75, 3.05) is 18.9 Å². The summed E-state index contributed by atoms with van der Waals surface area (Å²) in [7, 11) is 0. The van der Waals surface area contributed by atoms with Gasteiger partial charge in [0.15, 0.2) is 0 Å². The number of rotatable bonds is 5. The summed E-state index contributed by atoms with van der Waals surface area (Å²) in [5.74, 6) is -0.469. The Labute approximate surface area is 126 Å². The van der Waals surface area contributed by atoms with E-state index >= 15 is 0 Å². The SMILES string of the molecule is O=C(NCCO)C1CSC(Cc2ccccc2F)C(=O)N1. The highest BCUT2D eigenvalue weighted by Crippen LogP contribution is 2.23. The minimum absolute atomic E-state index is 0.143. The molecule has 5 nitrogen and oxygen atoms in total. The van der Waals surface area contributed by atoms with E-state index in [0.717, 1.165) is 0 Å². The van der Waals surface area contributed by atoms with Gasteiger partial charge in [-0.1, -0.05) is 18.2 Å². The molecule has 114 valence electrons. The van der Waals surface area contributed by atoms with Crippen LogP contribution < -0.4 is 10.6 Å². The molecular weight excluding hydrogens is 295 g/mol. The summed E-state index contributed by atoms with van der Waals surface area (Å²) in [5.41, 5.74) is 0.494. The van der Waals surface area contributed by atoms with E-state index in [1.165, 1.54) is 17.8 Å². The van der Waals surface area contributed by atoms with Gasteiger partial charge in [0.05, 0.1) is 11.9 Å². The molecule has 2 rings (SSSR count). The fourth-order valence-corrected chi connectivity index (χ4v) is 3.23. The second-order valence-corrected chi connectivity index (χ2v) is 5.93. The van der Waals surface area contributed by atoms with E-state index in [2.05, 4.69) is 10.6 Å². The van der Waals surface area contributed by atoms with E-state index in [4.69, 9.17) is 5.11 Å². The predicted octanol–water partition coefficient (Wildman–Crippen LogP) is 0.0769. The van der Waals surface area contributed by atoms with Crippen LogP contribution in [-0.4, -0.2) is 47.1 Å². The Bertz CT molecular complexity index is 527. The smallest absolute Gasteiger partial charge is 0.243 e. The molecule has 1 aliphatic heterocycles. The number of carbonyl (C=O) groups is 2. The number of nitrogens with one attached hydrogen (secondary N) is 2. The van der Waals surface area contributed by atoms with Gasteiger partial charge < -0.3 is 15.7 Å². The minimum atomic E-state index is -0.606. The number of amides is 2. The molecule has 1 heterocycles. The summed E-state index contributed by atoms with van der Waals surface area (Å²) < 4.78 is 13.6. The van der Waals surface area contributed by atoms with Gasteiger partial charge >= 0.3 is 0 Å². The van der Waals surface area contributed by atoms with Crippen LogP contribution in [-0.2, 0) is 16.0 Å².